The third-order valence-corrected chi connectivity index (χ3v) is 5.86. The normalized spacial score (nSPS) is 13.9. The van der Waals surface area contributed by atoms with Gasteiger partial charge in [0.1, 0.15) is 18.1 Å². The summed E-state index contributed by atoms with van der Waals surface area (Å²) in [6.45, 7) is 3.73. The Hall–Kier alpha value is -2.92. The lowest BCUT2D eigenvalue weighted by atomic mass is 10.0. The molecule has 0 radical (unpaired) electrons. The molecule has 162 valence electrons. The highest BCUT2D eigenvalue weighted by Gasteiger charge is 2.26. The lowest BCUT2D eigenvalue weighted by Gasteiger charge is -2.19. The van der Waals surface area contributed by atoms with E-state index in [0.717, 1.165) is 27.8 Å². The molecule has 3 aromatic rings. The number of benzene rings is 3. The first-order chi connectivity index (χ1) is 14.7. The van der Waals surface area contributed by atoms with Gasteiger partial charge in [-0.05, 0) is 60.2 Å². The zero-order chi connectivity index (χ0) is 22.4. The third kappa shape index (κ3) is 6.79. The van der Waals surface area contributed by atoms with Crippen LogP contribution in [0.2, 0.25) is 0 Å². The van der Waals surface area contributed by atoms with E-state index in [2.05, 4.69) is 5.32 Å². The van der Waals surface area contributed by atoms with Gasteiger partial charge in [-0.3, -0.25) is 10.1 Å². The Balaban J connectivity index is 1.63. The summed E-state index contributed by atoms with van der Waals surface area (Å²) in [5.74, 6) is -0.813. The standard InChI is InChI=1S/C24H26NO5P/c1-17-12-18(2)14-22(13-17)30-31(28,29)16-25-23(24(26)27)15-19-8-10-21(11-9-19)20-6-4-3-5-7-20/h3-14,23,25H,15-16H2,1-2H3,(H,26,27)(H,28,29)/t23-/m0/s1. The van der Waals surface area contributed by atoms with E-state index in [4.69, 9.17) is 4.52 Å². The number of rotatable bonds is 9. The molecule has 0 fully saturated rings. The minimum absolute atomic E-state index is 0.175. The lowest BCUT2D eigenvalue weighted by molar-refractivity contribution is -0.139. The highest BCUT2D eigenvalue weighted by atomic mass is 31.2. The molecule has 1 unspecified atom stereocenters. The predicted molar refractivity (Wildman–Crippen MR) is 121 cm³/mol. The summed E-state index contributed by atoms with van der Waals surface area (Å²) in [6.07, 6.45) is -0.299. The molecule has 31 heavy (non-hydrogen) atoms. The Kier molecular flexibility index (Phi) is 7.29. The molecule has 0 aliphatic carbocycles. The number of hydrogen-bond donors (Lipinski definition) is 3. The molecular formula is C24H26NO5P. The second-order valence-corrected chi connectivity index (χ2v) is 9.35. The molecule has 0 heterocycles. The average molecular weight is 439 g/mol. The first kappa shape index (κ1) is 22.8. The summed E-state index contributed by atoms with van der Waals surface area (Å²) in [6, 6.07) is 21.7. The Bertz CT molecular complexity index is 1060. The van der Waals surface area contributed by atoms with Crippen molar-refractivity contribution in [3.63, 3.8) is 0 Å². The van der Waals surface area contributed by atoms with Crippen molar-refractivity contribution in [2.45, 2.75) is 26.3 Å². The fourth-order valence-corrected chi connectivity index (χ4v) is 4.31. The molecule has 0 bridgehead atoms. The van der Waals surface area contributed by atoms with Gasteiger partial charge in [-0.15, -0.1) is 0 Å². The van der Waals surface area contributed by atoms with E-state index in [0.29, 0.717) is 0 Å². The molecule has 6 nitrogen and oxygen atoms in total. The maximum absolute atomic E-state index is 12.5. The Morgan fingerprint density at radius 1 is 0.968 bits per heavy atom. The van der Waals surface area contributed by atoms with Crippen molar-refractivity contribution in [2.24, 2.45) is 0 Å². The second-order valence-electron chi connectivity index (χ2n) is 7.57. The van der Waals surface area contributed by atoms with E-state index in [-0.39, 0.29) is 12.2 Å². The number of nitrogens with one attached hydrogen (secondary N) is 1. The topological polar surface area (TPSA) is 95.9 Å². The van der Waals surface area contributed by atoms with Gasteiger partial charge in [0, 0.05) is 0 Å². The maximum Gasteiger partial charge on any atom is 0.390 e. The van der Waals surface area contributed by atoms with Gasteiger partial charge in [-0.2, -0.15) is 0 Å². The molecule has 0 aliphatic rings. The van der Waals surface area contributed by atoms with Crippen molar-refractivity contribution in [3.05, 3.63) is 89.5 Å². The van der Waals surface area contributed by atoms with Crippen LogP contribution in [0.1, 0.15) is 16.7 Å². The van der Waals surface area contributed by atoms with E-state index in [1.54, 1.807) is 12.1 Å². The molecule has 0 amide bonds. The summed E-state index contributed by atoms with van der Waals surface area (Å²) in [5, 5.41) is 12.2. The van der Waals surface area contributed by atoms with Crippen LogP contribution < -0.4 is 9.84 Å². The van der Waals surface area contributed by atoms with Crippen LogP contribution in [0.25, 0.3) is 11.1 Å². The highest BCUT2D eigenvalue weighted by molar-refractivity contribution is 7.53. The van der Waals surface area contributed by atoms with Gasteiger partial charge in [-0.25, -0.2) is 4.57 Å². The summed E-state index contributed by atoms with van der Waals surface area (Å²) in [4.78, 5) is 21.9. The molecular weight excluding hydrogens is 413 g/mol. The monoisotopic (exact) mass is 439 g/mol. The average Bonchev–Trinajstić information content (AvgIpc) is 2.71. The third-order valence-electron chi connectivity index (χ3n) is 4.78. The zero-order valence-corrected chi connectivity index (χ0v) is 18.4. The summed E-state index contributed by atoms with van der Waals surface area (Å²) >= 11 is 0. The largest absolute Gasteiger partial charge is 0.480 e. The summed E-state index contributed by atoms with van der Waals surface area (Å²) < 4.78 is 17.7. The molecule has 3 N–H and O–H groups in total. The van der Waals surface area contributed by atoms with Gasteiger partial charge < -0.3 is 14.5 Å². The van der Waals surface area contributed by atoms with Crippen molar-refractivity contribution in [3.8, 4) is 16.9 Å². The predicted octanol–water partition coefficient (Wildman–Crippen LogP) is 4.78. The van der Waals surface area contributed by atoms with Crippen LogP contribution in [0, 0.1) is 13.8 Å². The van der Waals surface area contributed by atoms with Crippen molar-refractivity contribution in [2.75, 3.05) is 6.29 Å². The van der Waals surface area contributed by atoms with Gasteiger partial charge in [0.05, 0.1) is 0 Å². The van der Waals surface area contributed by atoms with Gasteiger partial charge in [0.25, 0.3) is 0 Å². The first-order valence-electron chi connectivity index (χ1n) is 9.92. The lowest BCUT2D eigenvalue weighted by Crippen LogP contribution is -2.39. The molecule has 0 aromatic heterocycles. The Labute approximate surface area is 182 Å². The fraction of sp³-hybridized carbons (Fsp3) is 0.208. The number of aryl methyl sites for hydroxylation is 2. The molecule has 0 saturated carbocycles. The van der Waals surface area contributed by atoms with Gasteiger partial charge in [0.2, 0.25) is 0 Å². The van der Waals surface area contributed by atoms with Crippen molar-refractivity contribution in [1.29, 1.82) is 0 Å². The van der Waals surface area contributed by atoms with Crippen LogP contribution in [0.4, 0.5) is 0 Å². The second kappa shape index (κ2) is 9.92. The van der Waals surface area contributed by atoms with Crippen LogP contribution in [-0.2, 0) is 15.8 Å². The number of aliphatic carboxylic acids is 1. The smallest absolute Gasteiger partial charge is 0.390 e. The molecule has 0 spiro atoms. The maximum atomic E-state index is 12.5. The van der Waals surface area contributed by atoms with Crippen molar-refractivity contribution in [1.82, 2.24) is 5.32 Å². The zero-order valence-electron chi connectivity index (χ0n) is 17.5. The van der Waals surface area contributed by atoms with Crippen LogP contribution in [0.5, 0.6) is 5.75 Å². The van der Waals surface area contributed by atoms with Crippen molar-refractivity contribution < 1.29 is 23.9 Å². The minimum Gasteiger partial charge on any atom is -0.480 e. The van der Waals surface area contributed by atoms with Crippen LogP contribution in [0.3, 0.4) is 0 Å². The van der Waals surface area contributed by atoms with E-state index in [1.807, 2.05) is 74.5 Å². The van der Waals surface area contributed by atoms with Crippen LogP contribution in [0.15, 0.2) is 72.8 Å². The van der Waals surface area contributed by atoms with E-state index in [1.165, 1.54) is 0 Å². The van der Waals surface area contributed by atoms with Crippen LogP contribution >= 0.6 is 7.60 Å². The fourth-order valence-electron chi connectivity index (χ4n) is 3.35. The van der Waals surface area contributed by atoms with Crippen LogP contribution in [-0.4, -0.2) is 28.3 Å². The minimum atomic E-state index is -4.07. The van der Waals surface area contributed by atoms with Gasteiger partial charge in [0.15, 0.2) is 0 Å². The Morgan fingerprint density at radius 2 is 1.55 bits per heavy atom. The SMILES string of the molecule is Cc1cc(C)cc(OP(=O)(O)CN[C@@H](Cc2ccc(-c3ccccc3)cc2)C(=O)O)c1. The van der Waals surface area contributed by atoms with Gasteiger partial charge in [-0.1, -0.05) is 60.7 Å². The summed E-state index contributed by atoms with van der Waals surface area (Å²) in [7, 11) is -4.07. The molecule has 2 atom stereocenters. The number of hydrogen-bond acceptors (Lipinski definition) is 4. The van der Waals surface area contributed by atoms with Crippen molar-refractivity contribution >= 4 is 13.6 Å². The number of carboxylic acids is 1. The number of carboxylic acid groups (broad SMARTS) is 1. The molecule has 0 saturated heterocycles. The van der Waals surface area contributed by atoms with E-state index in [9.17, 15) is 19.4 Å². The molecule has 0 aliphatic heterocycles. The molecule has 7 heteroatoms. The first-order valence-corrected chi connectivity index (χ1v) is 11.7. The van der Waals surface area contributed by atoms with Gasteiger partial charge >= 0.3 is 13.6 Å². The summed E-state index contributed by atoms with van der Waals surface area (Å²) in [5.41, 5.74) is 4.73. The number of carbonyl (C=O) groups is 1. The highest BCUT2D eigenvalue weighted by Crippen LogP contribution is 2.42. The molecule has 3 rings (SSSR count). The quantitative estimate of drug-likeness (QED) is 0.416. The molecule has 3 aromatic carbocycles. The Morgan fingerprint density at radius 3 is 2.13 bits per heavy atom. The van der Waals surface area contributed by atoms with E-state index < -0.39 is 25.9 Å². The van der Waals surface area contributed by atoms with E-state index >= 15 is 0 Å².